The van der Waals surface area contributed by atoms with Crippen LogP contribution >= 0.6 is 0 Å². The number of hydrogen-bond acceptors (Lipinski definition) is 2. The minimum absolute atomic E-state index is 0.0763. The Balaban J connectivity index is 2.14. The van der Waals surface area contributed by atoms with Crippen molar-refractivity contribution in [2.45, 2.75) is 45.8 Å². The van der Waals surface area contributed by atoms with Crippen LogP contribution in [0.2, 0.25) is 0 Å². The molecule has 21 heavy (non-hydrogen) atoms. The van der Waals surface area contributed by atoms with Crippen molar-refractivity contribution in [2.75, 3.05) is 0 Å². The Hall–Kier alpha value is -1.80. The summed E-state index contributed by atoms with van der Waals surface area (Å²) >= 11 is 0. The Bertz CT molecular complexity index is 574. The summed E-state index contributed by atoms with van der Waals surface area (Å²) in [6.45, 7) is 8.45. The molecule has 0 aliphatic heterocycles. The van der Waals surface area contributed by atoms with Crippen LogP contribution in [-0.4, -0.2) is 6.10 Å². The van der Waals surface area contributed by atoms with Gasteiger partial charge in [0.15, 0.2) is 0 Å². The van der Waals surface area contributed by atoms with Gasteiger partial charge in [-0.1, -0.05) is 61.9 Å². The second kappa shape index (κ2) is 6.77. The van der Waals surface area contributed by atoms with Crippen molar-refractivity contribution in [3.05, 3.63) is 65.2 Å². The van der Waals surface area contributed by atoms with Crippen LogP contribution in [0.5, 0.6) is 5.75 Å². The molecule has 2 heteroatoms. The number of hydrogen-bond donors (Lipinski definition) is 1. The molecule has 0 aliphatic carbocycles. The van der Waals surface area contributed by atoms with E-state index in [1.54, 1.807) is 0 Å². The number of para-hydroxylation sites is 1. The van der Waals surface area contributed by atoms with Crippen molar-refractivity contribution in [3.8, 4) is 5.75 Å². The highest BCUT2D eigenvalue weighted by Crippen LogP contribution is 2.28. The number of nitrogens with two attached hydrogens (primary N) is 1. The monoisotopic (exact) mass is 283 g/mol. The van der Waals surface area contributed by atoms with Crippen molar-refractivity contribution >= 4 is 0 Å². The zero-order valence-electron chi connectivity index (χ0n) is 13.3. The molecule has 2 nitrogen and oxygen atoms in total. The molecule has 0 bridgehead atoms. The molecule has 2 unspecified atom stereocenters. The summed E-state index contributed by atoms with van der Waals surface area (Å²) in [6.07, 6.45) is -0.0763. The van der Waals surface area contributed by atoms with E-state index in [0.29, 0.717) is 5.92 Å². The molecule has 0 spiro atoms. The molecule has 0 fully saturated rings. The topological polar surface area (TPSA) is 35.2 Å². The van der Waals surface area contributed by atoms with E-state index in [9.17, 15) is 0 Å². The lowest BCUT2D eigenvalue weighted by Gasteiger charge is -2.24. The Morgan fingerprint density at radius 2 is 1.52 bits per heavy atom. The van der Waals surface area contributed by atoms with Crippen molar-refractivity contribution in [1.29, 1.82) is 0 Å². The van der Waals surface area contributed by atoms with E-state index >= 15 is 0 Å². The molecule has 0 saturated heterocycles. The minimum atomic E-state index is -0.134. The molecule has 0 heterocycles. The maximum atomic E-state index is 6.34. The highest BCUT2D eigenvalue weighted by molar-refractivity contribution is 5.36. The van der Waals surface area contributed by atoms with Gasteiger partial charge < -0.3 is 10.5 Å². The fourth-order valence-corrected chi connectivity index (χ4v) is 2.40. The Morgan fingerprint density at radius 3 is 2.14 bits per heavy atom. The molecule has 2 rings (SSSR count). The maximum Gasteiger partial charge on any atom is 0.123 e. The first-order valence-electron chi connectivity index (χ1n) is 7.56. The summed E-state index contributed by atoms with van der Waals surface area (Å²) in [7, 11) is 0. The summed E-state index contributed by atoms with van der Waals surface area (Å²) in [5.74, 6) is 1.37. The van der Waals surface area contributed by atoms with E-state index in [1.165, 1.54) is 11.1 Å². The van der Waals surface area contributed by atoms with E-state index in [1.807, 2.05) is 25.1 Å². The summed E-state index contributed by atoms with van der Waals surface area (Å²) < 4.78 is 6.13. The normalized spacial score (nSPS) is 14.0. The molecule has 112 valence electrons. The average Bonchev–Trinajstić information content (AvgIpc) is 2.47. The van der Waals surface area contributed by atoms with Crippen LogP contribution in [0.15, 0.2) is 48.5 Å². The van der Waals surface area contributed by atoms with Gasteiger partial charge in [0.2, 0.25) is 0 Å². The van der Waals surface area contributed by atoms with Gasteiger partial charge in [0, 0.05) is 0 Å². The first-order chi connectivity index (χ1) is 9.99. The fraction of sp³-hybridized carbons (Fsp3) is 0.368. The smallest absolute Gasteiger partial charge is 0.123 e. The van der Waals surface area contributed by atoms with Crippen LogP contribution in [0.4, 0.5) is 0 Å². The molecular formula is C19H25NO. The predicted octanol–water partition coefficient (Wildman–Crippen LogP) is 4.59. The Kier molecular flexibility index (Phi) is 5.03. The van der Waals surface area contributed by atoms with E-state index in [4.69, 9.17) is 10.5 Å². The van der Waals surface area contributed by atoms with Gasteiger partial charge >= 0.3 is 0 Å². The van der Waals surface area contributed by atoms with Crippen LogP contribution < -0.4 is 10.5 Å². The lowest BCUT2D eigenvalue weighted by Crippen LogP contribution is -2.29. The number of aryl methyl sites for hydroxylation is 1. The van der Waals surface area contributed by atoms with Gasteiger partial charge in [0.05, 0.1) is 6.04 Å². The molecule has 2 aromatic rings. The van der Waals surface area contributed by atoms with E-state index in [2.05, 4.69) is 51.1 Å². The molecule has 0 aliphatic rings. The average molecular weight is 283 g/mol. The Labute approximate surface area is 127 Å². The van der Waals surface area contributed by atoms with Crippen molar-refractivity contribution in [3.63, 3.8) is 0 Å². The van der Waals surface area contributed by atoms with Crippen molar-refractivity contribution < 1.29 is 4.74 Å². The van der Waals surface area contributed by atoms with Gasteiger partial charge in [-0.3, -0.25) is 0 Å². The quantitative estimate of drug-likeness (QED) is 0.871. The number of rotatable bonds is 5. The highest BCUT2D eigenvalue weighted by atomic mass is 16.5. The van der Waals surface area contributed by atoms with Gasteiger partial charge in [-0.25, -0.2) is 0 Å². The van der Waals surface area contributed by atoms with Crippen LogP contribution in [0.1, 0.15) is 49.4 Å². The molecule has 2 aromatic carbocycles. The molecule has 2 N–H and O–H groups in total. The van der Waals surface area contributed by atoms with E-state index in [-0.39, 0.29) is 12.1 Å². The first-order valence-corrected chi connectivity index (χ1v) is 7.56. The third-order valence-electron chi connectivity index (χ3n) is 3.82. The Morgan fingerprint density at radius 1 is 0.905 bits per heavy atom. The maximum absolute atomic E-state index is 6.34. The third kappa shape index (κ3) is 3.85. The molecule has 0 aromatic heterocycles. The van der Waals surface area contributed by atoms with Crippen LogP contribution in [0.25, 0.3) is 0 Å². The predicted molar refractivity (Wildman–Crippen MR) is 88.7 cm³/mol. The summed E-state index contributed by atoms with van der Waals surface area (Å²) in [6, 6.07) is 16.4. The van der Waals surface area contributed by atoms with Crippen LogP contribution in [-0.2, 0) is 0 Å². The zero-order valence-corrected chi connectivity index (χ0v) is 13.3. The standard InChI is InChI=1S/C19H25NO/c1-13(2)17-7-5-6-8-18(17)21-15(4)19(20)16-11-9-14(3)10-12-16/h5-13,15,19H,20H2,1-4H3. The fourth-order valence-electron chi connectivity index (χ4n) is 2.40. The second-order valence-corrected chi connectivity index (χ2v) is 5.95. The third-order valence-corrected chi connectivity index (χ3v) is 3.82. The van der Waals surface area contributed by atoms with Crippen molar-refractivity contribution in [2.24, 2.45) is 5.73 Å². The lowest BCUT2D eigenvalue weighted by molar-refractivity contribution is 0.188. The molecule has 2 atom stereocenters. The molecule has 0 amide bonds. The van der Waals surface area contributed by atoms with Gasteiger partial charge in [-0.15, -0.1) is 0 Å². The first kappa shape index (κ1) is 15.6. The SMILES string of the molecule is Cc1ccc(C(N)C(C)Oc2ccccc2C(C)C)cc1. The van der Waals surface area contributed by atoms with Gasteiger partial charge in [-0.05, 0) is 37.0 Å². The number of ether oxygens (including phenoxy) is 1. The molecule has 0 radical (unpaired) electrons. The molecule has 0 saturated carbocycles. The van der Waals surface area contributed by atoms with Gasteiger partial charge in [0.1, 0.15) is 11.9 Å². The van der Waals surface area contributed by atoms with E-state index < -0.39 is 0 Å². The van der Waals surface area contributed by atoms with Gasteiger partial charge in [-0.2, -0.15) is 0 Å². The van der Waals surface area contributed by atoms with E-state index in [0.717, 1.165) is 11.3 Å². The lowest BCUT2D eigenvalue weighted by atomic mass is 10.0. The van der Waals surface area contributed by atoms with Crippen LogP contribution in [0.3, 0.4) is 0 Å². The largest absolute Gasteiger partial charge is 0.488 e. The minimum Gasteiger partial charge on any atom is -0.488 e. The highest BCUT2D eigenvalue weighted by Gasteiger charge is 2.18. The second-order valence-electron chi connectivity index (χ2n) is 5.95. The van der Waals surface area contributed by atoms with Crippen LogP contribution in [0, 0.1) is 6.92 Å². The zero-order chi connectivity index (χ0) is 15.4. The van der Waals surface area contributed by atoms with Crippen molar-refractivity contribution in [1.82, 2.24) is 0 Å². The van der Waals surface area contributed by atoms with Gasteiger partial charge in [0.25, 0.3) is 0 Å². The molecular weight excluding hydrogens is 258 g/mol. The summed E-state index contributed by atoms with van der Waals surface area (Å²) in [5, 5.41) is 0. The number of benzene rings is 2. The summed E-state index contributed by atoms with van der Waals surface area (Å²) in [5.41, 5.74) is 9.91. The summed E-state index contributed by atoms with van der Waals surface area (Å²) in [4.78, 5) is 0.